The van der Waals surface area contributed by atoms with E-state index in [9.17, 15) is 4.39 Å². The molecule has 0 aliphatic carbocycles. The van der Waals surface area contributed by atoms with Crippen LogP contribution in [0.2, 0.25) is 0 Å². The molecule has 0 fully saturated rings. The molecule has 0 aliphatic heterocycles. The number of aromatic amines is 1. The Hall–Kier alpha value is -2.49. The first kappa shape index (κ1) is 12.5. The first-order valence-corrected chi connectivity index (χ1v) is 6.40. The molecule has 2 aromatic carbocycles. The zero-order valence-corrected chi connectivity index (χ0v) is 11.1. The number of fused-ring (bicyclic) bond motifs is 1. The number of hydrogen-bond donors (Lipinski definition) is 2. The summed E-state index contributed by atoms with van der Waals surface area (Å²) in [4.78, 5) is 3.19. The van der Waals surface area contributed by atoms with Gasteiger partial charge in [0.15, 0.2) is 11.6 Å². The molecular weight excluding hydrogens is 255 g/mol. The number of H-pyrrole nitrogens is 1. The Bertz CT molecular complexity index is 736. The highest BCUT2D eigenvalue weighted by Gasteiger charge is 2.05. The summed E-state index contributed by atoms with van der Waals surface area (Å²) in [5, 5.41) is 4.47. The van der Waals surface area contributed by atoms with E-state index in [4.69, 9.17) is 4.74 Å². The number of ether oxygens (including phenoxy) is 1. The van der Waals surface area contributed by atoms with Crippen molar-refractivity contribution < 1.29 is 9.13 Å². The van der Waals surface area contributed by atoms with Crippen LogP contribution in [0.5, 0.6) is 5.75 Å². The predicted octanol–water partition coefficient (Wildman–Crippen LogP) is 3.93. The molecule has 0 atom stereocenters. The number of nitrogens with one attached hydrogen (secondary N) is 2. The summed E-state index contributed by atoms with van der Waals surface area (Å²) in [6.07, 6.45) is 1.93. The van der Waals surface area contributed by atoms with Crippen molar-refractivity contribution in [2.45, 2.75) is 6.54 Å². The van der Waals surface area contributed by atoms with E-state index in [0.29, 0.717) is 6.54 Å². The predicted molar refractivity (Wildman–Crippen MR) is 78.6 cm³/mol. The van der Waals surface area contributed by atoms with Crippen molar-refractivity contribution in [3.05, 3.63) is 60.0 Å². The molecule has 2 N–H and O–H groups in total. The molecule has 1 heterocycles. The Labute approximate surface area is 116 Å². The average Bonchev–Trinajstić information content (AvgIpc) is 2.95. The minimum Gasteiger partial charge on any atom is -0.494 e. The molecule has 1 aromatic heterocycles. The van der Waals surface area contributed by atoms with Crippen LogP contribution < -0.4 is 10.1 Å². The SMILES string of the molecule is COc1cc(NCc2cccc3[nH]ccc23)ccc1F. The molecule has 3 aromatic rings. The van der Waals surface area contributed by atoms with Crippen LogP contribution in [0, 0.1) is 5.82 Å². The molecule has 3 rings (SSSR count). The second-order valence-corrected chi connectivity index (χ2v) is 4.56. The van der Waals surface area contributed by atoms with Crippen molar-refractivity contribution in [3.63, 3.8) is 0 Å². The molecule has 0 radical (unpaired) electrons. The summed E-state index contributed by atoms with van der Waals surface area (Å²) in [6, 6.07) is 12.9. The lowest BCUT2D eigenvalue weighted by atomic mass is 10.1. The second-order valence-electron chi connectivity index (χ2n) is 4.56. The minimum atomic E-state index is -0.356. The third-order valence-corrected chi connectivity index (χ3v) is 3.32. The molecule has 0 bridgehead atoms. The highest BCUT2D eigenvalue weighted by molar-refractivity contribution is 5.83. The third-order valence-electron chi connectivity index (χ3n) is 3.32. The summed E-state index contributed by atoms with van der Waals surface area (Å²) in [5.41, 5.74) is 3.13. The van der Waals surface area contributed by atoms with Gasteiger partial charge >= 0.3 is 0 Å². The largest absolute Gasteiger partial charge is 0.494 e. The Morgan fingerprint density at radius 2 is 2.10 bits per heavy atom. The maximum Gasteiger partial charge on any atom is 0.165 e. The number of anilines is 1. The number of methoxy groups -OCH3 is 1. The van der Waals surface area contributed by atoms with E-state index in [1.807, 2.05) is 18.3 Å². The van der Waals surface area contributed by atoms with Crippen molar-refractivity contribution in [2.24, 2.45) is 0 Å². The number of halogens is 1. The summed E-state index contributed by atoms with van der Waals surface area (Å²) >= 11 is 0. The van der Waals surface area contributed by atoms with Gasteiger partial charge in [-0.2, -0.15) is 0 Å². The molecule has 0 amide bonds. The van der Waals surface area contributed by atoms with Gasteiger partial charge in [-0.25, -0.2) is 4.39 Å². The molecular formula is C16H15FN2O. The van der Waals surface area contributed by atoms with Crippen LogP contribution in [-0.4, -0.2) is 12.1 Å². The van der Waals surface area contributed by atoms with Gasteiger partial charge < -0.3 is 15.0 Å². The molecule has 20 heavy (non-hydrogen) atoms. The average molecular weight is 270 g/mol. The standard InChI is InChI=1S/C16H15FN2O/c1-20-16-9-12(5-6-14(16)17)19-10-11-3-2-4-15-13(11)7-8-18-15/h2-9,18-19H,10H2,1H3. The van der Waals surface area contributed by atoms with Crippen molar-refractivity contribution >= 4 is 16.6 Å². The van der Waals surface area contributed by atoms with Crippen LogP contribution in [0.1, 0.15) is 5.56 Å². The van der Waals surface area contributed by atoms with Crippen LogP contribution in [0.25, 0.3) is 10.9 Å². The van der Waals surface area contributed by atoms with Gasteiger partial charge in [-0.05, 0) is 29.8 Å². The van der Waals surface area contributed by atoms with E-state index in [1.165, 1.54) is 24.1 Å². The van der Waals surface area contributed by atoms with Gasteiger partial charge in [0.2, 0.25) is 0 Å². The van der Waals surface area contributed by atoms with Crippen LogP contribution in [0.3, 0.4) is 0 Å². The number of hydrogen-bond acceptors (Lipinski definition) is 2. The van der Waals surface area contributed by atoms with Gasteiger partial charge in [0.25, 0.3) is 0 Å². The van der Waals surface area contributed by atoms with Gasteiger partial charge in [0.05, 0.1) is 7.11 Å². The van der Waals surface area contributed by atoms with Crippen LogP contribution in [0.4, 0.5) is 10.1 Å². The van der Waals surface area contributed by atoms with Gasteiger partial charge in [-0.15, -0.1) is 0 Å². The lowest BCUT2D eigenvalue weighted by Gasteiger charge is -2.09. The Kier molecular flexibility index (Phi) is 3.29. The first-order valence-electron chi connectivity index (χ1n) is 6.40. The summed E-state index contributed by atoms with van der Waals surface area (Å²) < 4.78 is 18.3. The maximum absolute atomic E-state index is 13.3. The normalized spacial score (nSPS) is 10.7. The highest BCUT2D eigenvalue weighted by atomic mass is 19.1. The quantitative estimate of drug-likeness (QED) is 0.753. The molecule has 3 nitrogen and oxygen atoms in total. The molecule has 0 saturated heterocycles. The molecule has 0 aliphatic rings. The third kappa shape index (κ3) is 2.32. The van der Waals surface area contributed by atoms with E-state index in [2.05, 4.69) is 22.4 Å². The molecule has 0 spiro atoms. The smallest absolute Gasteiger partial charge is 0.165 e. The fraction of sp³-hybridized carbons (Fsp3) is 0.125. The fourth-order valence-electron chi connectivity index (χ4n) is 2.27. The molecule has 4 heteroatoms. The van der Waals surface area contributed by atoms with Crippen molar-refractivity contribution in [2.75, 3.05) is 12.4 Å². The minimum absolute atomic E-state index is 0.245. The van der Waals surface area contributed by atoms with E-state index in [0.717, 1.165) is 11.2 Å². The van der Waals surface area contributed by atoms with Gasteiger partial charge in [0.1, 0.15) is 0 Å². The Balaban J connectivity index is 1.81. The van der Waals surface area contributed by atoms with Gasteiger partial charge in [0, 0.05) is 35.4 Å². The van der Waals surface area contributed by atoms with Crippen LogP contribution >= 0.6 is 0 Å². The summed E-state index contributed by atoms with van der Waals surface area (Å²) in [6.45, 7) is 0.671. The van der Waals surface area contributed by atoms with Crippen molar-refractivity contribution in [3.8, 4) is 5.75 Å². The Morgan fingerprint density at radius 3 is 2.95 bits per heavy atom. The molecule has 0 saturated carbocycles. The fourth-order valence-corrected chi connectivity index (χ4v) is 2.27. The Morgan fingerprint density at radius 1 is 1.20 bits per heavy atom. The van der Waals surface area contributed by atoms with Crippen LogP contribution in [0.15, 0.2) is 48.7 Å². The van der Waals surface area contributed by atoms with Crippen molar-refractivity contribution in [1.29, 1.82) is 0 Å². The van der Waals surface area contributed by atoms with Gasteiger partial charge in [-0.3, -0.25) is 0 Å². The second kappa shape index (κ2) is 5.25. The van der Waals surface area contributed by atoms with E-state index < -0.39 is 0 Å². The maximum atomic E-state index is 13.3. The highest BCUT2D eigenvalue weighted by Crippen LogP contribution is 2.23. The first-order chi connectivity index (χ1) is 9.78. The monoisotopic (exact) mass is 270 g/mol. The zero-order valence-electron chi connectivity index (χ0n) is 11.1. The van der Waals surface area contributed by atoms with E-state index in [1.54, 1.807) is 12.1 Å². The number of rotatable bonds is 4. The number of benzene rings is 2. The zero-order chi connectivity index (χ0) is 13.9. The lowest BCUT2D eigenvalue weighted by molar-refractivity contribution is 0.387. The molecule has 0 unspecified atom stereocenters. The summed E-state index contributed by atoms with van der Waals surface area (Å²) in [7, 11) is 1.46. The summed E-state index contributed by atoms with van der Waals surface area (Å²) in [5.74, 6) is -0.111. The lowest BCUT2D eigenvalue weighted by Crippen LogP contribution is -2.00. The van der Waals surface area contributed by atoms with Crippen molar-refractivity contribution in [1.82, 2.24) is 4.98 Å². The van der Waals surface area contributed by atoms with E-state index in [-0.39, 0.29) is 11.6 Å². The topological polar surface area (TPSA) is 37.0 Å². The van der Waals surface area contributed by atoms with Gasteiger partial charge in [-0.1, -0.05) is 12.1 Å². The van der Waals surface area contributed by atoms with Crippen LogP contribution in [-0.2, 0) is 6.54 Å². The van der Waals surface area contributed by atoms with E-state index >= 15 is 0 Å². The number of aromatic nitrogens is 1. The molecule has 102 valence electrons.